The van der Waals surface area contributed by atoms with Gasteiger partial charge in [0.25, 0.3) is 0 Å². The van der Waals surface area contributed by atoms with Gasteiger partial charge in [-0.1, -0.05) is 25.4 Å². The van der Waals surface area contributed by atoms with Crippen molar-refractivity contribution < 1.29 is 5.11 Å². The molecule has 0 bridgehead atoms. The molecule has 1 rings (SSSR count). The van der Waals surface area contributed by atoms with Crippen molar-refractivity contribution in [3.8, 4) is 0 Å². The van der Waals surface area contributed by atoms with Crippen LogP contribution in [0, 0.1) is 0 Å². The van der Waals surface area contributed by atoms with Crippen LogP contribution in [0.5, 0.6) is 0 Å². The van der Waals surface area contributed by atoms with Crippen LogP contribution in [0.1, 0.15) is 29.7 Å². The van der Waals surface area contributed by atoms with Gasteiger partial charge in [0.1, 0.15) is 5.15 Å². The second kappa shape index (κ2) is 4.21. The molecule has 2 nitrogen and oxygen atoms in total. The Morgan fingerprint density at radius 3 is 2.67 bits per heavy atom. The Balaban J connectivity index is 2.85. The van der Waals surface area contributed by atoms with E-state index < -0.39 is 0 Å². The SMILES string of the molecule is CC(C)c1nc(Cl)c(CCO)s1. The molecule has 0 atom stereocenters. The minimum absolute atomic E-state index is 0.138. The minimum Gasteiger partial charge on any atom is -0.396 e. The van der Waals surface area contributed by atoms with Gasteiger partial charge < -0.3 is 5.11 Å². The summed E-state index contributed by atoms with van der Waals surface area (Å²) in [7, 11) is 0. The third-order valence-corrected chi connectivity index (χ3v) is 3.34. The van der Waals surface area contributed by atoms with Crippen LogP contribution < -0.4 is 0 Å². The van der Waals surface area contributed by atoms with E-state index in [-0.39, 0.29) is 6.61 Å². The third-order valence-electron chi connectivity index (χ3n) is 1.50. The number of nitrogens with zero attached hydrogens (tertiary/aromatic N) is 1. The number of hydrogen-bond donors (Lipinski definition) is 1. The van der Waals surface area contributed by atoms with Gasteiger partial charge in [-0.05, 0) is 0 Å². The summed E-state index contributed by atoms with van der Waals surface area (Å²) in [5.41, 5.74) is 0. The summed E-state index contributed by atoms with van der Waals surface area (Å²) in [6.45, 7) is 4.30. The molecule has 0 aliphatic rings. The van der Waals surface area contributed by atoms with E-state index in [1.807, 2.05) is 0 Å². The normalized spacial score (nSPS) is 11.1. The molecule has 0 saturated heterocycles. The molecule has 1 heterocycles. The summed E-state index contributed by atoms with van der Waals surface area (Å²) in [6, 6.07) is 0. The van der Waals surface area contributed by atoms with Crippen LogP contribution in [-0.4, -0.2) is 16.7 Å². The maximum Gasteiger partial charge on any atom is 0.143 e. The maximum atomic E-state index is 8.71. The molecule has 1 aromatic heterocycles. The van der Waals surface area contributed by atoms with Crippen LogP contribution in [-0.2, 0) is 6.42 Å². The highest BCUT2D eigenvalue weighted by atomic mass is 35.5. The van der Waals surface area contributed by atoms with E-state index in [4.69, 9.17) is 16.7 Å². The van der Waals surface area contributed by atoms with E-state index in [0.717, 1.165) is 9.88 Å². The standard InChI is InChI=1S/C8H12ClNOS/c1-5(2)8-10-7(9)6(12-8)3-4-11/h5,11H,3-4H2,1-2H3. The van der Waals surface area contributed by atoms with Gasteiger partial charge in [-0.25, -0.2) is 4.98 Å². The first-order chi connectivity index (χ1) is 5.65. The summed E-state index contributed by atoms with van der Waals surface area (Å²) in [4.78, 5) is 5.19. The fourth-order valence-corrected chi connectivity index (χ4v) is 2.15. The fraction of sp³-hybridized carbons (Fsp3) is 0.625. The molecular formula is C8H12ClNOS. The van der Waals surface area contributed by atoms with E-state index >= 15 is 0 Å². The zero-order chi connectivity index (χ0) is 9.14. The lowest BCUT2D eigenvalue weighted by Gasteiger charge is -1.94. The molecule has 1 aromatic rings. The molecule has 4 heteroatoms. The van der Waals surface area contributed by atoms with Crippen molar-refractivity contribution in [1.29, 1.82) is 0 Å². The molecule has 0 radical (unpaired) electrons. The van der Waals surface area contributed by atoms with Gasteiger partial charge in [-0.3, -0.25) is 0 Å². The minimum atomic E-state index is 0.138. The Morgan fingerprint density at radius 1 is 1.58 bits per heavy atom. The molecule has 0 saturated carbocycles. The van der Waals surface area contributed by atoms with Crippen molar-refractivity contribution in [1.82, 2.24) is 4.98 Å². The van der Waals surface area contributed by atoms with Crippen molar-refractivity contribution in [3.05, 3.63) is 15.0 Å². The maximum absolute atomic E-state index is 8.71. The average Bonchev–Trinajstić information content (AvgIpc) is 2.34. The number of aromatic nitrogens is 1. The Kier molecular flexibility index (Phi) is 3.50. The second-order valence-electron chi connectivity index (χ2n) is 2.89. The quantitative estimate of drug-likeness (QED) is 0.823. The zero-order valence-corrected chi connectivity index (χ0v) is 8.74. The first kappa shape index (κ1) is 9.96. The monoisotopic (exact) mass is 205 g/mol. The fourth-order valence-electron chi connectivity index (χ4n) is 0.853. The lowest BCUT2D eigenvalue weighted by Crippen LogP contribution is -1.86. The average molecular weight is 206 g/mol. The van der Waals surface area contributed by atoms with Gasteiger partial charge in [0.15, 0.2) is 0 Å². The van der Waals surface area contributed by atoms with Crippen molar-refractivity contribution in [2.24, 2.45) is 0 Å². The first-order valence-corrected chi connectivity index (χ1v) is 5.10. The number of hydrogen-bond acceptors (Lipinski definition) is 3. The second-order valence-corrected chi connectivity index (χ2v) is 4.37. The number of halogens is 1. The molecule has 68 valence electrons. The van der Waals surface area contributed by atoms with E-state index in [9.17, 15) is 0 Å². The Labute approximate surface area is 81.2 Å². The summed E-state index contributed by atoms with van der Waals surface area (Å²) in [6.07, 6.45) is 0.614. The van der Waals surface area contributed by atoms with Crippen molar-refractivity contribution in [3.63, 3.8) is 0 Å². The summed E-state index contributed by atoms with van der Waals surface area (Å²) >= 11 is 7.45. The first-order valence-electron chi connectivity index (χ1n) is 3.91. The number of thiazole rings is 1. The summed E-state index contributed by atoms with van der Waals surface area (Å²) in [5, 5.41) is 10.3. The molecule has 0 unspecified atom stereocenters. The smallest absolute Gasteiger partial charge is 0.143 e. The molecule has 0 spiro atoms. The molecule has 12 heavy (non-hydrogen) atoms. The Hall–Kier alpha value is -0.120. The van der Waals surface area contributed by atoms with Gasteiger partial charge in [0, 0.05) is 23.8 Å². The van der Waals surface area contributed by atoms with E-state index in [1.54, 1.807) is 11.3 Å². The van der Waals surface area contributed by atoms with Crippen molar-refractivity contribution in [2.45, 2.75) is 26.2 Å². The van der Waals surface area contributed by atoms with Crippen molar-refractivity contribution in [2.75, 3.05) is 6.61 Å². The summed E-state index contributed by atoms with van der Waals surface area (Å²) in [5.74, 6) is 0.417. The van der Waals surface area contributed by atoms with Gasteiger partial charge in [0.2, 0.25) is 0 Å². The predicted molar refractivity (Wildman–Crippen MR) is 52.0 cm³/mol. The molecular weight excluding hydrogens is 194 g/mol. The molecule has 0 amide bonds. The zero-order valence-electron chi connectivity index (χ0n) is 7.17. The van der Waals surface area contributed by atoms with Crippen LogP contribution in [0.25, 0.3) is 0 Å². The Morgan fingerprint density at radius 2 is 2.25 bits per heavy atom. The van der Waals surface area contributed by atoms with Crippen molar-refractivity contribution >= 4 is 22.9 Å². The molecule has 0 fully saturated rings. The van der Waals surface area contributed by atoms with Crippen LogP contribution in [0.3, 0.4) is 0 Å². The number of aliphatic hydroxyl groups excluding tert-OH is 1. The molecule has 1 N–H and O–H groups in total. The molecule has 0 aliphatic heterocycles. The van der Waals surface area contributed by atoms with Crippen LogP contribution in [0.4, 0.5) is 0 Å². The Bertz CT molecular complexity index is 260. The highest BCUT2D eigenvalue weighted by Crippen LogP contribution is 2.28. The van der Waals surface area contributed by atoms with E-state index in [2.05, 4.69) is 18.8 Å². The van der Waals surface area contributed by atoms with Crippen LogP contribution in [0.15, 0.2) is 0 Å². The lowest BCUT2D eigenvalue weighted by molar-refractivity contribution is 0.300. The van der Waals surface area contributed by atoms with Gasteiger partial charge in [0.05, 0.1) is 5.01 Å². The lowest BCUT2D eigenvalue weighted by atomic mass is 10.2. The largest absolute Gasteiger partial charge is 0.396 e. The highest BCUT2D eigenvalue weighted by Gasteiger charge is 2.10. The van der Waals surface area contributed by atoms with E-state index in [1.165, 1.54) is 0 Å². The third kappa shape index (κ3) is 2.19. The van der Waals surface area contributed by atoms with Gasteiger partial charge >= 0.3 is 0 Å². The number of rotatable bonds is 3. The van der Waals surface area contributed by atoms with Crippen LogP contribution in [0.2, 0.25) is 5.15 Å². The van der Waals surface area contributed by atoms with E-state index in [0.29, 0.717) is 17.5 Å². The van der Waals surface area contributed by atoms with Gasteiger partial charge in [-0.2, -0.15) is 0 Å². The predicted octanol–water partition coefficient (Wildman–Crippen LogP) is 2.45. The van der Waals surface area contributed by atoms with Gasteiger partial charge in [-0.15, -0.1) is 11.3 Å². The highest BCUT2D eigenvalue weighted by molar-refractivity contribution is 7.12. The van der Waals surface area contributed by atoms with Crippen LogP contribution >= 0.6 is 22.9 Å². The molecule has 0 aromatic carbocycles. The summed E-state index contributed by atoms with van der Waals surface area (Å²) < 4.78 is 0. The molecule has 0 aliphatic carbocycles. The number of aliphatic hydroxyl groups is 1. The topological polar surface area (TPSA) is 33.1 Å².